The van der Waals surface area contributed by atoms with Crippen LogP contribution in [-0.4, -0.2) is 8.76 Å². The Hall–Kier alpha value is -0.520. The van der Waals surface area contributed by atoms with Crippen molar-refractivity contribution in [1.82, 2.24) is 0 Å². The Morgan fingerprint density at radius 2 is 2.17 bits per heavy atom. The van der Waals surface area contributed by atoms with Crippen molar-refractivity contribution < 1.29 is 13.2 Å². The van der Waals surface area contributed by atoms with Crippen LogP contribution in [0.2, 0.25) is 0 Å². The van der Waals surface area contributed by atoms with Crippen LogP contribution in [0.15, 0.2) is 23.1 Å². The Bertz CT molecular complexity index is 378. The van der Waals surface area contributed by atoms with E-state index in [1.807, 2.05) is 0 Å². The monoisotopic (exact) mass is 206 g/mol. The average molecular weight is 206 g/mol. The van der Waals surface area contributed by atoms with Gasteiger partial charge in [-0.2, -0.15) is 0 Å². The first-order valence-electron chi connectivity index (χ1n) is 3.15. The molecule has 0 saturated heterocycles. The lowest BCUT2D eigenvalue weighted by Gasteiger charge is -2.04. The van der Waals surface area contributed by atoms with E-state index in [9.17, 15) is 8.60 Å². The van der Waals surface area contributed by atoms with Crippen LogP contribution in [0.4, 0.5) is 4.39 Å². The minimum atomic E-state index is -3.61. The Labute approximate surface area is 74.9 Å². The molecular weight excluding hydrogens is 199 g/mol. The van der Waals surface area contributed by atoms with Crippen LogP contribution in [0, 0.1) is 12.7 Å². The molecule has 1 aromatic carbocycles. The standard InChI is InChI=1S/C7H7FO2S2/c1-5-3-2-4-6(8)7(5)12(9,10)11/h2-4H,1H3,(H,9,10,11). The molecule has 1 rings (SSSR count). The Morgan fingerprint density at radius 3 is 2.50 bits per heavy atom. The Kier molecular flexibility index (Phi) is 2.46. The SMILES string of the molecule is Cc1cccc(F)c1S(=O)(O)=S. The van der Waals surface area contributed by atoms with Gasteiger partial charge in [0.15, 0.2) is 8.77 Å². The summed E-state index contributed by atoms with van der Waals surface area (Å²) in [6.07, 6.45) is 0. The van der Waals surface area contributed by atoms with Gasteiger partial charge in [-0.25, -0.2) is 8.60 Å². The fraction of sp³-hybridized carbons (Fsp3) is 0.143. The number of halogens is 1. The molecule has 0 spiro atoms. The van der Waals surface area contributed by atoms with E-state index >= 15 is 0 Å². The highest BCUT2D eigenvalue weighted by atomic mass is 32.8. The fourth-order valence-electron chi connectivity index (χ4n) is 0.943. The van der Waals surface area contributed by atoms with Gasteiger partial charge in [0.1, 0.15) is 10.7 Å². The van der Waals surface area contributed by atoms with E-state index in [0.29, 0.717) is 5.56 Å². The summed E-state index contributed by atoms with van der Waals surface area (Å²) in [7, 11) is -3.61. The van der Waals surface area contributed by atoms with Crippen LogP contribution in [-0.2, 0) is 20.0 Å². The maximum atomic E-state index is 12.9. The molecule has 0 bridgehead atoms. The minimum absolute atomic E-state index is 0.278. The molecule has 0 aromatic heterocycles. The zero-order valence-corrected chi connectivity index (χ0v) is 7.91. The third-order valence-electron chi connectivity index (χ3n) is 1.42. The third-order valence-corrected chi connectivity index (χ3v) is 2.95. The van der Waals surface area contributed by atoms with Gasteiger partial charge >= 0.3 is 0 Å². The van der Waals surface area contributed by atoms with Gasteiger partial charge in [0, 0.05) is 11.2 Å². The molecule has 1 aromatic rings. The zero-order valence-electron chi connectivity index (χ0n) is 6.28. The summed E-state index contributed by atoms with van der Waals surface area (Å²) in [4.78, 5) is -0.278. The summed E-state index contributed by atoms with van der Waals surface area (Å²) >= 11 is 4.27. The number of rotatable bonds is 1. The van der Waals surface area contributed by atoms with Gasteiger partial charge in [0.2, 0.25) is 0 Å². The number of benzene rings is 1. The largest absolute Gasteiger partial charge is 0.302 e. The molecule has 1 atom stereocenters. The van der Waals surface area contributed by atoms with Crippen molar-refractivity contribution >= 4 is 20.0 Å². The number of hydrogen-bond acceptors (Lipinski definition) is 2. The summed E-state index contributed by atoms with van der Waals surface area (Å²) in [5.74, 6) is -0.725. The van der Waals surface area contributed by atoms with E-state index in [-0.39, 0.29) is 4.90 Å². The number of hydrogen-bond donors (Lipinski definition) is 1. The highest BCUT2D eigenvalue weighted by molar-refractivity contribution is 8.29. The molecule has 0 aliphatic heterocycles. The van der Waals surface area contributed by atoms with E-state index in [1.54, 1.807) is 13.0 Å². The Morgan fingerprint density at radius 1 is 1.58 bits per heavy atom. The second-order valence-electron chi connectivity index (χ2n) is 2.36. The molecule has 0 aliphatic rings. The molecule has 66 valence electrons. The van der Waals surface area contributed by atoms with Gasteiger partial charge < -0.3 is 4.55 Å². The molecule has 0 radical (unpaired) electrons. The normalized spacial score (nSPS) is 15.6. The second kappa shape index (κ2) is 3.08. The average Bonchev–Trinajstić information content (AvgIpc) is 1.82. The maximum absolute atomic E-state index is 12.9. The zero-order chi connectivity index (χ0) is 9.35. The van der Waals surface area contributed by atoms with Gasteiger partial charge in [-0.3, -0.25) is 0 Å². The smallest absolute Gasteiger partial charge is 0.174 e. The van der Waals surface area contributed by atoms with Crippen LogP contribution in [0.1, 0.15) is 5.56 Å². The molecule has 0 saturated carbocycles. The number of aryl methyl sites for hydroxylation is 1. The van der Waals surface area contributed by atoms with E-state index < -0.39 is 14.6 Å². The Balaban J connectivity index is 3.53. The van der Waals surface area contributed by atoms with Crippen molar-refractivity contribution in [3.63, 3.8) is 0 Å². The first kappa shape index (κ1) is 9.57. The fourth-order valence-corrected chi connectivity index (χ4v) is 2.37. The minimum Gasteiger partial charge on any atom is -0.302 e. The van der Waals surface area contributed by atoms with E-state index in [1.165, 1.54) is 6.07 Å². The van der Waals surface area contributed by atoms with Crippen LogP contribution in [0.25, 0.3) is 0 Å². The van der Waals surface area contributed by atoms with Crippen LogP contribution >= 0.6 is 0 Å². The van der Waals surface area contributed by atoms with Crippen molar-refractivity contribution in [1.29, 1.82) is 0 Å². The lowest BCUT2D eigenvalue weighted by atomic mass is 10.2. The molecule has 0 amide bonds. The molecule has 5 heteroatoms. The van der Waals surface area contributed by atoms with Crippen molar-refractivity contribution in [2.24, 2.45) is 0 Å². The van der Waals surface area contributed by atoms with Crippen molar-refractivity contribution in [2.45, 2.75) is 11.8 Å². The predicted molar refractivity (Wildman–Crippen MR) is 47.5 cm³/mol. The molecule has 1 unspecified atom stereocenters. The third kappa shape index (κ3) is 1.80. The van der Waals surface area contributed by atoms with Crippen LogP contribution in [0.5, 0.6) is 0 Å². The van der Waals surface area contributed by atoms with E-state index in [0.717, 1.165) is 6.07 Å². The topological polar surface area (TPSA) is 37.3 Å². The van der Waals surface area contributed by atoms with Crippen LogP contribution < -0.4 is 0 Å². The molecular formula is C7H7FO2S2. The first-order chi connectivity index (χ1) is 5.43. The quantitative estimate of drug-likeness (QED) is 0.760. The second-order valence-corrected chi connectivity index (χ2v) is 5.07. The molecule has 0 heterocycles. The summed E-state index contributed by atoms with van der Waals surface area (Å²) in [6.45, 7) is 1.54. The van der Waals surface area contributed by atoms with Crippen molar-refractivity contribution in [3.05, 3.63) is 29.6 Å². The lowest BCUT2D eigenvalue weighted by molar-refractivity contribution is 0.540. The first-order valence-corrected chi connectivity index (χ1v) is 5.59. The van der Waals surface area contributed by atoms with E-state index in [4.69, 9.17) is 4.55 Å². The summed E-state index contributed by atoms with van der Waals surface area (Å²) in [5, 5.41) is 0. The lowest BCUT2D eigenvalue weighted by Crippen LogP contribution is -2.02. The van der Waals surface area contributed by atoms with Crippen molar-refractivity contribution in [3.8, 4) is 0 Å². The molecule has 2 nitrogen and oxygen atoms in total. The van der Waals surface area contributed by atoms with Crippen LogP contribution in [0.3, 0.4) is 0 Å². The summed E-state index contributed by atoms with van der Waals surface area (Å²) in [5.41, 5.74) is 0.400. The molecule has 12 heavy (non-hydrogen) atoms. The molecule has 0 aliphatic carbocycles. The highest BCUT2D eigenvalue weighted by Crippen LogP contribution is 2.18. The summed E-state index contributed by atoms with van der Waals surface area (Å²) in [6, 6.07) is 4.12. The van der Waals surface area contributed by atoms with Gasteiger partial charge in [0.25, 0.3) is 0 Å². The molecule has 0 fully saturated rings. The summed E-state index contributed by atoms with van der Waals surface area (Å²) < 4.78 is 32.9. The van der Waals surface area contributed by atoms with Gasteiger partial charge in [-0.15, -0.1) is 0 Å². The van der Waals surface area contributed by atoms with Gasteiger partial charge in [-0.1, -0.05) is 12.1 Å². The predicted octanol–water partition coefficient (Wildman–Crippen LogP) is 1.71. The van der Waals surface area contributed by atoms with E-state index in [2.05, 4.69) is 11.2 Å². The van der Waals surface area contributed by atoms with Gasteiger partial charge in [0.05, 0.1) is 0 Å². The molecule has 1 N–H and O–H groups in total. The van der Waals surface area contributed by atoms with Crippen molar-refractivity contribution in [2.75, 3.05) is 0 Å². The highest BCUT2D eigenvalue weighted by Gasteiger charge is 2.14. The maximum Gasteiger partial charge on any atom is 0.174 e. The van der Waals surface area contributed by atoms with Gasteiger partial charge in [-0.05, 0) is 18.6 Å².